The van der Waals surface area contributed by atoms with Gasteiger partial charge in [0.25, 0.3) is 11.9 Å². The second kappa shape index (κ2) is 8.82. The molecule has 2 heterocycles. The fraction of sp³-hybridized carbons (Fsp3) is 0.571. The van der Waals surface area contributed by atoms with E-state index >= 15 is 0 Å². The SMILES string of the molecule is CC(C)OC1=NC2C[C@H](C)C(=O)N(CCCO)C(=O)C2N1Cc1ccc(O)cc1. The molecule has 29 heavy (non-hydrogen) atoms. The third-order valence-corrected chi connectivity index (χ3v) is 5.19. The van der Waals surface area contributed by atoms with Crippen molar-refractivity contribution in [2.75, 3.05) is 13.2 Å². The molecule has 2 amide bonds. The Kier molecular flexibility index (Phi) is 6.42. The van der Waals surface area contributed by atoms with E-state index in [1.807, 2.05) is 25.7 Å². The number of rotatable bonds is 6. The van der Waals surface area contributed by atoms with E-state index in [1.54, 1.807) is 24.3 Å². The highest BCUT2D eigenvalue weighted by Gasteiger charge is 2.49. The Balaban J connectivity index is 1.94. The van der Waals surface area contributed by atoms with Crippen molar-refractivity contribution < 1.29 is 24.5 Å². The van der Waals surface area contributed by atoms with Crippen molar-refractivity contribution in [2.24, 2.45) is 10.9 Å². The van der Waals surface area contributed by atoms with E-state index in [9.17, 15) is 19.8 Å². The summed E-state index contributed by atoms with van der Waals surface area (Å²) in [5.41, 5.74) is 0.891. The van der Waals surface area contributed by atoms with Gasteiger partial charge in [0.05, 0.1) is 12.1 Å². The monoisotopic (exact) mass is 403 g/mol. The van der Waals surface area contributed by atoms with E-state index in [4.69, 9.17) is 4.74 Å². The zero-order valence-corrected chi connectivity index (χ0v) is 17.1. The lowest BCUT2D eigenvalue weighted by molar-refractivity contribution is -0.148. The van der Waals surface area contributed by atoms with Gasteiger partial charge in [0.1, 0.15) is 11.8 Å². The summed E-state index contributed by atoms with van der Waals surface area (Å²) in [7, 11) is 0. The standard InChI is InChI=1S/C21H29N3O5/c1-13(2)29-21-22-17-11-14(3)19(27)23(9-4-10-25)20(28)18(17)24(21)12-15-5-7-16(26)8-6-15/h5-8,13-14,17-18,25-26H,4,9-12H2,1-3H3/t14-,17?,18?/m0/s1. The first-order valence-corrected chi connectivity index (χ1v) is 10.1. The molecule has 1 saturated heterocycles. The van der Waals surface area contributed by atoms with E-state index in [2.05, 4.69) is 4.99 Å². The third kappa shape index (κ3) is 4.53. The number of amidine groups is 1. The van der Waals surface area contributed by atoms with Crippen LogP contribution in [0.3, 0.4) is 0 Å². The van der Waals surface area contributed by atoms with E-state index in [0.29, 0.717) is 25.4 Å². The molecule has 2 N–H and O–H groups in total. The summed E-state index contributed by atoms with van der Waals surface area (Å²) in [6.45, 7) is 6.08. The minimum Gasteiger partial charge on any atom is -0.508 e. The molecule has 1 aromatic rings. The minimum atomic E-state index is -0.634. The van der Waals surface area contributed by atoms with Crippen molar-refractivity contribution in [1.29, 1.82) is 0 Å². The van der Waals surface area contributed by atoms with Crippen molar-refractivity contribution in [3.8, 4) is 5.75 Å². The van der Waals surface area contributed by atoms with Crippen LogP contribution in [0.4, 0.5) is 0 Å². The number of fused-ring (bicyclic) bond motifs is 1. The minimum absolute atomic E-state index is 0.0883. The smallest absolute Gasteiger partial charge is 0.288 e. The van der Waals surface area contributed by atoms with Crippen LogP contribution in [0.25, 0.3) is 0 Å². The number of hydrogen-bond acceptors (Lipinski definition) is 7. The van der Waals surface area contributed by atoms with Gasteiger partial charge in [0.15, 0.2) is 0 Å². The maximum Gasteiger partial charge on any atom is 0.288 e. The van der Waals surface area contributed by atoms with Crippen LogP contribution >= 0.6 is 0 Å². The first-order chi connectivity index (χ1) is 13.8. The third-order valence-electron chi connectivity index (χ3n) is 5.19. The second-order valence-corrected chi connectivity index (χ2v) is 7.93. The lowest BCUT2D eigenvalue weighted by Gasteiger charge is -2.31. The number of aliphatic hydroxyl groups is 1. The molecular weight excluding hydrogens is 374 g/mol. The van der Waals surface area contributed by atoms with Crippen LogP contribution in [0, 0.1) is 5.92 Å². The Hall–Kier alpha value is -2.61. The maximum absolute atomic E-state index is 13.4. The summed E-state index contributed by atoms with van der Waals surface area (Å²) < 4.78 is 5.91. The number of carbonyl (C=O) groups is 2. The highest BCUT2D eigenvalue weighted by molar-refractivity contribution is 6.02. The maximum atomic E-state index is 13.4. The molecule has 2 aliphatic rings. The molecule has 1 fully saturated rings. The zero-order chi connectivity index (χ0) is 21.1. The lowest BCUT2D eigenvalue weighted by atomic mass is 9.98. The Labute approximate surface area is 170 Å². The van der Waals surface area contributed by atoms with Crippen LogP contribution in [0.15, 0.2) is 29.3 Å². The van der Waals surface area contributed by atoms with Crippen molar-refractivity contribution >= 4 is 17.8 Å². The van der Waals surface area contributed by atoms with Gasteiger partial charge in [0, 0.05) is 25.6 Å². The quantitative estimate of drug-likeness (QED) is 0.698. The molecular formula is C21H29N3O5. The molecule has 0 aliphatic carbocycles. The molecule has 1 aromatic carbocycles. The first kappa shape index (κ1) is 21.1. The molecule has 0 saturated carbocycles. The number of hydrogen-bond donors (Lipinski definition) is 2. The van der Waals surface area contributed by atoms with Crippen molar-refractivity contribution in [2.45, 2.75) is 58.3 Å². The molecule has 2 aliphatic heterocycles. The molecule has 0 radical (unpaired) electrons. The number of imide groups is 1. The Morgan fingerprint density at radius 1 is 1.21 bits per heavy atom. The second-order valence-electron chi connectivity index (χ2n) is 7.93. The fourth-order valence-electron chi connectivity index (χ4n) is 3.81. The number of amides is 2. The summed E-state index contributed by atoms with van der Waals surface area (Å²) in [5, 5.41) is 18.7. The summed E-state index contributed by atoms with van der Waals surface area (Å²) in [6, 6.07) is 6.16. The number of likely N-dealkylation sites (tertiary alicyclic amines) is 1. The number of nitrogens with zero attached hydrogens (tertiary/aromatic N) is 3. The average Bonchev–Trinajstić information content (AvgIpc) is 2.95. The topological polar surface area (TPSA) is 103 Å². The van der Waals surface area contributed by atoms with Crippen LogP contribution < -0.4 is 0 Å². The molecule has 0 bridgehead atoms. The van der Waals surface area contributed by atoms with Crippen LogP contribution in [0.5, 0.6) is 5.75 Å². The number of aliphatic imine (C=N–C) groups is 1. The molecule has 0 spiro atoms. The molecule has 8 heteroatoms. The van der Waals surface area contributed by atoms with E-state index in [-0.39, 0.29) is 48.8 Å². The number of aromatic hydroxyl groups is 1. The van der Waals surface area contributed by atoms with E-state index in [0.717, 1.165) is 5.56 Å². The van der Waals surface area contributed by atoms with Gasteiger partial charge in [-0.3, -0.25) is 14.5 Å². The average molecular weight is 403 g/mol. The predicted molar refractivity (Wildman–Crippen MR) is 107 cm³/mol. The molecule has 3 rings (SSSR count). The normalized spacial score (nSPS) is 24.6. The molecule has 2 unspecified atom stereocenters. The summed E-state index contributed by atoms with van der Waals surface area (Å²) in [6.07, 6.45) is 0.690. The fourth-order valence-corrected chi connectivity index (χ4v) is 3.81. The zero-order valence-electron chi connectivity index (χ0n) is 17.1. The number of aliphatic hydroxyl groups excluding tert-OH is 1. The van der Waals surface area contributed by atoms with Crippen molar-refractivity contribution in [3.63, 3.8) is 0 Å². The highest BCUT2D eigenvalue weighted by atomic mass is 16.5. The van der Waals surface area contributed by atoms with Gasteiger partial charge in [0.2, 0.25) is 5.91 Å². The number of phenols is 1. The molecule has 0 aromatic heterocycles. The Bertz CT molecular complexity index is 777. The van der Waals surface area contributed by atoms with Crippen LogP contribution in [0.2, 0.25) is 0 Å². The van der Waals surface area contributed by atoms with E-state index < -0.39 is 6.04 Å². The number of ether oxygens (including phenoxy) is 1. The highest BCUT2D eigenvalue weighted by Crippen LogP contribution is 2.32. The molecule has 8 nitrogen and oxygen atoms in total. The Morgan fingerprint density at radius 3 is 2.52 bits per heavy atom. The number of benzene rings is 1. The predicted octanol–water partition coefficient (Wildman–Crippen LogP) is 1.50. The van der Waals surface area contributed by atoms with Gasteiger partial charge in [-0.2, -0.15) is 0 Å². The van der Waals surface area contributed by atoms with Crippen LogP contribution in [0.1, 0.15) is 39.2 Å². The largest absolute Gasteiger partial charge is 0.508 e. The lowest BCUT2D eigenvalue weighted by Crippen LogP contribution is -2.52. The van der Waals surface area contributed by atoms with Crippen LogP contribution in [-0.2, 0) is 20.9 Å². The number of phenolic OH excluding ortho intramolecular Hbond substituents is 1. The van der Waals surface area contributed by atoms with Crippen molar-refractivity contribution in [1.82, 2.24) is 9.80 Å². The molecule has 3 atom stereocenters. The van der Waals surface area contributed by atoms with Gasteiger partial charge in [-0.15, -0.1) is 0 Å². The number of carbonyl (C=O) groups excluding carboxylic acids is 2. The van der Waals surface area contributed by atoms with Crippen molar-refractivity contribution in [3.05, 3.63) is 29.8 Å². The van der Waals surface area contributed by atoms with Gasteiger partial charge in [-0.05, 0) is 44.4 Å². The van der Waals surface area contributed by atoms with Gasteiger partial charge < -0.3 is 19.8 Å². The summed E-state index contributed by atoms with van der Waals surface area (Å²) in [5.74, 6) is -0.697. The summed E-state index contributed by atoms with van der Waals surface area (Å²) in [4.78, 5) is 33.9. The van der Waals surface area contributed by atoms with Gasteiger partial charge in [-0.1, -0.05) is 19.1 Å². The van der Waals surface area contributed by atoms with E-state index in [1.165, 1.54) is 4.90 Å². The van der Waals surface area contributed by atoms with Crippen LogP contribution in [-0.4, -0.2) is 69.2 Å². The summed E-state index contributed by atoms with van der Waals surface area (Å²) >= 11 is 0. The Morgan fingerprint density at radius 2 is 1.90 bits per heavy atom. The van der Waals surface area contributed by atoms with Gasteiger partial charge >= 0.3 is 0 Å². The molecule has 158 valence electrons. The van der Waals surface area contributed by atoms with Gasteiger partial charge in [-0.25, -0.2) is 4.99 Å². The first-order valence-electron chi connectivity index (χ1n) is 10.1.